The van der Waals surface area contributed by atoms with Crippen LogP contribution < -0.4 is 4.90 Å². The first-order valence-corrected chi connectivity index (χ1v) is 17.5. The number of benzene rings is 7. The number of nitrogens with zero attached hydrogens (tertiary/aromatic N) is 1. The molecule has 1 aliphatic rings. The van der Waals surface area contributed by atoms with Crippen molar-refractivity contribution in [1.29, 1.82) is 0 Å². The molecule has 0 bridgehead atoms. The van der Waals surface area contributed by atoms with Gasteiger partial charge < -0.3 is 4.90 Å². The minimum atomic E-state index is -0.0601. The van der Waals surface area contributed by atoms with Crippen LogP contribution in [0.25, 0.3) is 62.2 Å². The van der Waals surface area contributed by atoms with E-state index in [1.807, 2.05) is 22.7 Å². The van der Waals surface area contributed by atoms with Crippen molar-refractivity contribution < 1.29 is 0 Å². The van der Waals surface area contributed by atoms with Crippen LogP contribution in [0.5, 0.6) is 0 Å². The Morgan fingerprint density at radius 3 is 2.02 bits per heavy atom. The van der Waals surface area contributed by atoms with E-state index in [9.17, 15) is 0 Å². The molecule has 0 atom stereocenters. The highest BCUT2D eigenvalue weighted by atomic mass is 32.1. The highest BCUT2D eigenvalue weighted by Crippen LogP contribution is 2.51. The topological polar surface area (TPSA) is 3.24 Å². The summed E-state index contributed by atoms with van der Waals surface area (Å²) in [5, 5.41) is 8.01. The Balaban J connectivity index is 1.20. The zero-order chi connectivity index (χ0) is 30.6. The lowest BCUT2D eigenvalue weighted by Gasteiger charge is -2.28. The molecule has 218 valence electrons. The van der Waals surface area contributed by atoms with Crippen LogP contribution in [-0.4, -0.2) is 0 Å². The number of para-hydroxylation sites is 1. The molecular weight excluding hydrogens is 595 g/mol. The molecule has 0 saturated heterocycles. The number of thiophene rings is 2. The Labute approximate surface area is 275 Å². The van der Waals surface area contributed by atoms with Crippen LogP contribution in [0.15, 0.2) is 140 Å². The summed E-state index contributed by atoms with van der Waals surface area (Å²) in [6.07, 6.45) is 0. The van der Waals surface area contributed by atoms with Crippen molar-refractivity contribution in [1.82, 2.24) is 0 Å². The van der Waals surface area contributed by atoms with Gasteiger partial charge in [-0.25, -0.2) is 0 Å². The molecule has 0 fully saturated rings. The van der Waals surface area contributed by atoms with Crippen molar-refractivity contribution in [3.8, 4) is 11.1 Å². The summed E-state index contributed by atoms with van der Waals surface area (Å²) in [5.74, 6) is 0. The van der Waals surface area contributed by atoms with Crippen molar-refractivity contribution in [3.63, 3.8) is 0 Å². The summed E-state index contributed by atoms with van der Waals surface area (Å²) in [6, 6.07) is 51.9. The fourth-order valence-electron chi connectivity index (χ4n) is 7.76. The first kappa shape index (κ1) is 26.3. The molecule has 1 aliphatic carbocycles. The van der Waals surface area contributed by atoms with Gasteiger partial charge in [0.1, 0.15) is 0 Å². The van der Waals surface area contributed by atoms with E-state index in [4.69, 9.17) is 0 Å². The fourth-order valence-corrected chi connectivity index (χ4v) is 10.2. The van der Waals surface area contributed by atoms with Gasteiger partial charge in [-0.3, -0.25) is 0 Å². The second-order valence-electron chi connectivity index (χ2n) is 13.0. The van der Waals surface area contributed by atoms with Gasteiger partial charge in [-0.2, -0.15) is 0 Å². The summed E-state index contributed by atoms with van der Waals surface area (Å²) in [6.45, 7) is 4.72. The van der Waals surface area contributed by atoms with Crippen molar-refractivity contribution in [2.24, 2.45) is 0 Å². The van der Waals surface area contributed by atoms with Gasteiger partial charge in [0, 0.05) is 62.8 Å². The van der Waals surface area contributed by atoms with E-state index in [1.54, 1.807) is 0 Å². The number of hydrogen-bond acceptors (Lipinski definition) is 3. The Morgan fingerprint density at radius 1 is 0.457 bits per heavy atom. The average molecular weight is 624 g/mol. The minimum absolute atomic E-state index is 0.0601. The molecule has 2 heterocycles. The SMILES string of the molecule is CC1(C)c2ccccc2-c2ccc(N(c3ccccc3)c3ccc4sc5ccc6c7cc8ccccc8cc7sc6c5c4c3)cc21. The zero-order valence-corrected chi connectivity index (χ0v) is 27.2. The Morgan fingerprint density at radius 2 is 1.15 bits per heavy atom. The average Bonchev–Trinajstić information content (AvgIpc) is 3.71. The third-order valence-corrected chi connectivity index (χ3v) is 12.3. The molecular formula is C43H29NS2. The predicted octanol–water partition coefficient (Wildman–Crippen LogP) is 13.4. The smallest absolute Gasteiger partial charge is 0.0468 e. The fraction of sp³-hybridized carbons (Fsp3) is 0.0698. The van der Waals surface area contributed by atoms with Crippen LogP contribution in [-0.2, 0) is 5.41 Å². The van der Waals surface area contributed by atoms with Crippen LogP contribution in [0, 0.1) is 0 Å². The zero-order valence-electron chi connectivity index (χ0n) is 25.5. The number of rotatable bonds is 3. The van der Waals surface area contributed by atoms with E-state index in [1.165, 1.54) is 84.7 Å². The molecule has 46 heavy (non-hydrogen) atoms. The molecule has 2 aromatic heterocycles. The number of anilines is 3. The highest BCUT2D eigenvalue weighted by molar-refractivity contribution is 7.29. The minimum Gasteiger partial charge on any atom is -0.310 e. The molecule has 0 aliphatic heterocycles. The van der Waals surface area contributed by atoms with E-state index in [0.717, 1.165) is 5.69 Å². The quantitative estimate of drug-likeness (QED) is 0.189. The van der Waals surface area contributed by atoms with Gasteiger partial charge in [0.25, 0.3) is 0 Å². The number of hydrogen-bond donors (Lipinski definition) is 0. The van der Waals surface area contributed by atoms with Gasteiger partial charge in [0.15, 0.2) is 0 Å². The van der Waals surface area contributed by atoms with E-state index in [0.29, 0.717) is 0 Å². The van der Waals surface area contributed by atoms with Crippen LogP contribution in [0.3, 0.4) is 0 Å². The standard InChI is InChI=1S/C43H29NS2/c1-43(2)36-15-9-8-14-31(36)32-18-16-30(25-37(32)43)44(28-12-4-3-5-13-28)29-17-20-38-35(24-29)41-39(45-38)21-19-33-34-22-26-10-6-7-11-27(26)23-40(34)46-42(33)41/h3-25H,1-2H3. The molecule has 9 aromatic rings. The van der Waals surface area contributed by atoms with Gasteiger partial charge in [-0.05, 0) is 93.7 Å². The monoisotopic (exact) mass is 623 g/mol. The summed E-state index contributed by atoms with van der Waals surface area (Å²) in [5.41, 5.74) is 8.94. The number of fused-ring (bicyclic) bond motifs is 11. The van der Waals surface area contributed by atoms with Gasteiger partial charge in [0.05, 0.1) is 0 Å². The summed E-state index contributed by atoms with van der Waals surface area (Å²) < 4.78 is 5.41. The van der Waals surface area contributed by atoms with Crippen molar-refractivity contribution in [2.45, 2.75) is 19.3 Å². The lowest BCUT2D eigenvalue weighted by molar-refractivity contribution is 0.660. The van der Waals surface area contributed by atoms with E-state index in [2.05, 4.69) is 158 Å². The molecule has 7 aromatic carbocycles. The maximum Gasteiger partial charge on any atom is 0.0468 e. The van der Waals surface area contributed by atoms with Gasteiger partial charge in [-0.1, -0.05) is 92.7 Å². The molecule has 0 radical (unpaired) electrons. The Kier molecular flexibility index (Phi) is 5.44. The predicted molar refractivity (Wildman–Crippen MR) is 202 cm³/mol. The van der Waals surface area contributed by atoms with Crippen LogP contribution >= 0.6 is 22.7 Å². The first-order chi connectivity index (χ1) is 22.5. The third-order valence-electron chi connectivity index (χ3n) is 10.0. The molecule has 0 amide bonds. The van der Waals surface area contributed by atoms with E-state index < -0.39 is 0 Å². The van der Waals surface area contributed by atoms with E-state index >= 15 is 0 Å². The van der Waals surface area contributed by atoms with Crippen LogP contribution in [0.4, 0.5) is 17.1 Å². The molecule has 0 saturated carbocycles. The lowest BCUT2D eigenvalue weighted by atomic mass is 9.82. The Hall–Kier alpha value is -4.96. The summed E-state index contributed by atoms with van der Waals surface area (Å²) in [4.78, 5) is 2.43. The molecule has 0 spiro atoms. The highest BCUT2D eigenvalue weighted by Gasteiger charge is 2.35. The van der Waals surface area contributed by atoms with Gasteiger partial charge in [0.2, 0.25) is 0 Å². The second-order valence-corrected chi connectivity index (χ2v) is 15.1. The van der Waals surface area contributed by atoms with Crippen molar-refractivity contribution in [2.75, 3.05) is 4.90 Å². The van der Waals surface area contributed by atoms with E-state index in [-0.39, 0.29) is 5.41 Å². The maximum atomic E-state index is 2.43. The Bertz CT molecular complexity index is 2670. The molecule has 0 N–H and O–H groups in total. The van der Waals surface area contributed by atoms with Crippen molar-refractivity contribution >= 4 is 90.9 Å². The largest absolute Gasteiger partial charge is 0.310 e. The van der Waals surface area contributed by atoms with Crippen LogP contribution in [0.1, 0.15) is 25.0 Å². The van der Waals surface area contributed by atoms with Crippen LogP contribution in [0.2, 0.25) is 0 Å². The molecule has 1 nitrogen and oxygen atoms in total. The van der Waals surface area contributed by atoms with Crippen molar-refractivity contribution in [3.05, 3.63) is 151 Å². The third kappa shape index (κ3) is 3.67. The summed E-state index contributed by atoms with van der Waals surface area (Å²) >= 11 is 3.83. The molecule has 10 rings (SSSR count). The lowest BCUT2D eigenvalue weighted by Crippen LogP contribution is -2.16. The van der Waals surface area contributed by atoms with Gasteiger partial charge >= 0.3 is 0 Å². The first-order valence-electron chi connectivity index (χ1n) is 15.8. The second kappa shape index (κ2) is 9.53. The van der Waals surface area contributed by atoms with Gasteiger partial charge in [-0.15, -0.1) is 22.7 Å². The summed E-state index contributed by atoms with van der Waals surface area (Å²) in [7, 11) is 0. The normalized spacial score (nSPS) is 13.6. The maximum absolute atomic E-state index is 2.43. The molecule has 0 unspecified atom stereocenters. The molecule has 3 heteroatoms.